The molecule has 5 heteroatoms. The van der Waals surface area contributed by atoms with Gasteiger partial charge in [0.25, 0.3) is 0 Å². The van der Waals surface area contributed by atoms with Crippen molar-refractivity contribution in [3.63, 3.8) is 0 Å². The number of nitriles is 1. The molecular formula is C14H9Cl2NOS. The van der Waals surface area contributed by atoms with Gasteiger partial charge in [0.1, 0.15) is 5.92 Å². The van der Waals surface area contributed by atoms with Gasteiger partial charge in [-0.25, -0.2) is 0 Å². The van der Waals surface area contributed by atoms with Crippen LogP contribution in [0.25, 0.3) is 0 Å². The molecule has 1 aromatic heterocycles. The minimum Gasteiger partial charge on any atom is -0.291 e. The fraction of sp³-hybridized carbons (Fsp3) is 0.143. The summed E-state index contributed by atoms with van der Waals surface area (Å²) in [6, 6.07) is 8.67. The number of halogens is 2. The molecule has 0 fully saturated rings. The topological polar surface area (TPSA) is 40.9 Å². The first-order valence-corrected chi connectivity index (χ1v) is 7.11. The van der Waals surface area contributed by atoms with Gasteiger partial charge in [-0.05, 0) is 41.6 Å². The molecule has 0 aliphatic heterocycles. The molecule has 0 radical (unpaired) electrons. The van der Waals surface area contributed by atoms with Crippen molar-refractivity contribution in [2.24, 2.45) is 0 Å². The van der Waals surface area contributed by atoms with Gasteiger partial charge in [0, 0.05) is 10.0 Å². The fourth-order valence-electron chi connectivity index (χ4n) is 1.76. The van der Waals surface area contributed by atoms with Crippen LogP contribution in [0.15, 0.2) is 29.6 Å². The molecule has 1 heterocycles. The lowest BCUT2D eigenvalue weighted by Gasteiger charge is -2.10. The highest BCUT2D eigenvalue weighted by Gasteiger charge is 2.26. The first-order chi connectivity index (χ1) is 9.04. The molecular weight excluding hydrogens is 301 g/mol. The monoisotopic (exact) mass is 309 g/mol. The minimum absolute atomic E-state index is 0.223. The molecule has 2 nitrogen and oxygen atoms in total. The van der Waals surface area contributed by atoms with Gasteiger partial charge >= 0.3 is 0 Å². The molecule has 0 aliphatic rings. The molecule has 2 rings (SSSR count). The van der Waals surface area contributed by atoms with Crippen LogP contribution in [0.3, 0.4) is 0 Å². The van der Waals surface area contributed by atoms with Crippen molar-refractivity contribution in [1.29, 1.82) is 5.26 Å². The van der Waals surface area contributed by atoms with Gasteiger partial charge in [-0.15, -0.1) is 11.3 Å². The summed E-state index contributed by atoms with van der Waals surface area (Å²) >= 11 is 13.2. The average Bonchev–Trinajstić information content (AvgIpc) is 2.78. The second-order valence-corrected chi connectivity index (χ2v) is 5.78. The second kappa shape index (κ2) is 5.75. The van der Waals surface area contributed by atoms with Gasteiger partial charge < -0.3 is 0 Å². The van der Waals surface area contributed by atoms with Crippen LogP contribution in [0.1, 0.15) is 26.7 Å². The molecule has 0 bridgehead atoms. The van der Waals surface area contributed by atoms with E-state index in [1.807, 2.05) is 24.4 Å². The Morgan fingerprint density at radius 2 is 2.11 bits per heavy atom. The lowest BCUT2D eigenvalue weighted by Crippen LogP contribution is -2.11. The van der Waals surface area contributed by atoms with Crippen LogP contribution in [0, 0.1) is 18.3 Å². The summed E-state index contributed by atoms with van der Waals surface area (Å²) in [5.41, 5.74) is 1.37. The molecule has 1 atom stereocenters. The normalized spacial score (nSPS) is 11.9. The van der Waals surface area contributed by atoms with E-state index in [-0.39, 0.29) is 5.78 Å². The Kier molecular flexibility index (Phi) is 4.26. The number of ketones is 1. The Labute approximate surface area is 125 Å². The summed E-state index contributed by atoms with van der Waals surface area (Å²) < 4.78 is 0. The van der Waals surface area contributed by atoms with Gasteiger partial charge in [0.2, 0.25) is 0 Å². The zero-order chi connectivity index (χ0) is 14.0. The Morgan fingerprint density at radius 1 is 1.37 bits per heavy atom. The third kappa shape index (κ3) is 2.82. The van der Waals surface area contributed by atoms with Crippen molar-refractivity contribution in [3.8, 4) is 6.07 Å². The lowest BCUT2D eigenvalue weighted by molar-refractivity contribution is 0.0982. The Bertz CT molecular complexity index is 672. The lowest BCUT2D eigenvalue weighted by atomic mass is 9.94. The standard InChI is InChI=1S/C14H9Cl2NOS/c1-8-4-5-19-14(8)13(18)11(7-17)10-3-2-9(15)6-12(10)16/h2-6,11H,1H3. The van der Waals surface area contributed by atoms with Gasteiger partial charge in [-0.3, -0.25) is 4.79 Å². The number of nitrogens with zero attached hydrogens (tertiary/aromatic N) is 1. The van der Waals surface area contributed by atoms with E-state index in [1.165, 1.54) is 17.4 Å². The molecule has 0 N–H and O–H groups in total. The quantitative estimate of drug-likeness (QED) is 0.760. The van der Waals surface area contributed by atoms with Gasteiger partial charge in [-0.2, -0.15) is 5.26 Å². The zero-order valence-electron chi connectivity index (χ0n) is 9.98. The van der Waals surface area contributed by atoms with Crippen LogP contribution >= 0.6 is 34.5 Å². The molecule has 1 aromatic carbocycles. The summed E-state index contributed by atoms with van der Waals surface area (Å²) in [5.74, 6) is -1.12. The third-order valence-electron chi connectivity index (χ3n) is 2.75. The third-order valence-corrected chi connectivity index (χ3v) is 4.34. The van der Waals surface area contributed by atoms with E-state index in [0.717, 1.165) is 5.56 Å². The maximum Gasteiger partial charge on any atom is 0.194 e. The van der Waals surface area contributed by atoms with Crippen LogP contribution in [0.5, 0.6) is 0 Å². The summed E-state index contributed by atoms with van der Waals surface area (Å²) in [6.45, 7) is 1.85. The molecule has 1 unspecified atom stereocenters. The van der Waals surface area contributed by atoms with E-state index in [4.69, 9.17) is 23.2 Å². The Morgan fingerprint density at radius 3 is 2.63 bits per heavy atom. The van der Waals surface area contributed by atoms with Gasteiger partial charge in [0.05, 0.1) is 10.9 Å². The number of carbonyl (C=O) groups is 1. The molecule has 0 aliphatic carbocycles. The molecule has 0 saturated heterocycles. The highest BCUT2D eigenvalue weighted by atomic mass is 35.5. The molecule has 0 amide bonds. The van der Waals surface area contributed by atoms with Crippen LogP contribution in [0.4, 0.5) is 0 Å². The minimum atomic E-state index is -0.901. The van der Waals surface area contributed by atoms with E-state index in [0.29, 0.717) is 20.5 Å². The van der Waals surface area contributed by atoms with E-state index >= 15 is 0 Å². The molecule has 0 spiro atoms. The van der Waals surface area contributed by atoms with E-state index < -0.39 is 5.92 Å². The zero-order valence-corrected chi connectivity index (χ0v) is 12.3. The maximum absolute atomic E-state index is 12.4. The Hall–Kier alpha value is -1.34. The molecule has 19 heavy (non-hydrogen) atoms. The van der Waals surface area contributed by atoms with Crippen molar-refractivity contribution >= 4 is 40.3 Å². The smallest absolute Gasteiger partial charge is 0.194 e. The predicted octanol–water partition coefficient (Wildman–Crippen LogP) is 4.85. The van der Waals surface area contributed by atoms with E-state index in [1.54, 1.807) is 12.1 Å². The SMILES string of the molecule is Cc1ccsc1C(=O)C(C#N)c1ccc(Cl)cc1Cl. The molecule has 2 aromatic rings. The number of hydrogen-bond acceptors (Lipinski definition) is 3. The highest BCUT2D eigenvalue weighted by Crippen LogP contribution is 2.31. The van der Waals surface area contributed by atoms with Crippen LogP contribution in [-0.4, -0.2) is 5.78 Å². The maximum atomic E-state index is 12.4. The van der Waals surface area contributed by atoms with Crippen LogP contribution < -0.4 is 0 Å². The van der Waals surface area contributed by atoms with Crippen molar-refractivity contribution in [1.82, 2.24) is 0 Å². The number of Topliss-reactive ketones (excluding diaryl/α,β-unsaturated/α-hetero) is 1. The van der Waals surface area contributed by atoms with Crippen molar-refractivity contribution in [3.05, 3.63) is 55.7 Å². The van der Waals surface area contributed by atoms with Crippen molar-refractivity contribution in [2.45, 2.75) is 12.8 Å². The van der Waals surface area contributed by atoms with Crippen molar-refractivity contribution < 1.29 is 4.79 Å². The molecule has 96 valence electrons. The van der Waals surface area contributed by atoms with Crippen LogP contribution in [-0.2, 0) is 0 Å². The number of hydrogen-bond donors (Lipinski definition) is 0. The van der Waals surface area contributed by atoms with Gasteiger partial charge in [0.15, 0.2) is 5.78 Å². The summed E-state index contributed by atoms with van der Waals surface area (Å²) in [5, 5.41) is 11.9. The van der Waals surface area contributed by atoms with Gasteiger partial charge in [-0.1, -0.05) is 29.3 Å². The number of rotatable bonds is 3. The Balaban J connectivity index is 2.44. The van der Waals surface area contributed by atoms with E-state index in [2.05, 4.69) is 0 Å². The van der Waals surface area contributed by atoms with E-state index in [9.17, 15) is 10.1 Å². The molecule has 0 saturated carbocycles. The highest BCUT2D eigenvalue weighted by molar-refractivity contribution is 7.12. The number of aryl methyl sites for hydroxylation is 1. The van der Waals surface area contributed by atoms with Crippen molar-refractivity contribution in [2.75, 3.05) is 0 Å². The van der Waals surface area contributed by atoms with Crippen LogP contribution in [0.2, 0.25) is 10.0 Å². The summed E-state index contributed by atoms with van der Waals surface area (Å²) in [4.78, 5) is 13.0. The number of carbonyl (C=O) groups excluding carboxylic acids is 1. The largest absolute Gasteiger partial charge is 0.291 e. The first kappa shape index (κ1) is 14.1. The average molecular weight is 310 g/mol. The summed E-state index contributed by atoms with van der Waals surface area (Å²) in [6.07, 6.45) is 0. The second-order valence-electron chi connectivity index (χ2n) is 4.02. The first-order valence-electron chi connectivity index (χ1n) is 5.47. The summed E-state index contributed by atoms with van der Waals surface area (Å²) in [7, 11) is 0. The number of thiophene rings is 1. The fourth-order valence-corrected chi connectivity index (χ4v) is 3.18. The predicted molar refractivity (Wildman–Crippen MR) is 78.2 cm³/mol. The number of benzene rings is 1.